The maximum Gasteiger partial charge on any atom is 0.0364 e. The number of rotatable bonds is 3. The van der Waals surface area contributed by atoms with Gasteiger partial charge < -0.3 is 0 Å². The molecule has 6 rings (SSSR count). The highest BCUT2D eigenvalue weighted by Crippen LogP contribution is 2.55. The Morgan fingerprint density at radius 2 is 1.00 bits per heavy atom. The van der Waals surface area contributed by atoms with Crippen LogP contribution in [0.15, 0.2) is 133 Å². The zero-order valence-corrected chi connectivity index (χ0v) is 17.3. The SMILES string of the molecule is C=C1C=C(c2ccccc2)C(c2ccccc2)=C1C1c2ccccc2-c2ccccc21. The Morgan fingerprint density at radius 1 is 0.516 bits per heavy atom. The van der Waals surface area contributed by atoms with Gasteiger partial charge in [-0.15, -0.1) is 0 Å². The van der Waals surface area contributed by atoms with Crippen LogP contribution in [0.1, 0.15) is 28.2 Å². The van der Waals surface area contributed by atoms with E-state index in [4.69, 9.17) is 0 Å². The third-order valence-corrected chi connectivity index (χ3v) is 6.47. The van der Waals surface area contributed by atoms with Crippen molar-refractivity contribution in [2.45, 2.75) is 5.92 Å². The van der Waals surface area contributed by atoms with E-state index in [0.29, 0.717) is 0 Å². The first-order valence-corrected chi connectivity index (χ1v) is 10.8. The van der Waals surface area contributed by atoms with Crippen LogP contribution < -0.4 is 0 Å². The van der Waals surface area contributed by atoms with Gasteiger partial charge in [-0.05, 0) is 61.7 Å². The molecule has 2 aliphatic carbocycles. The van der Waals surface area contributed by atoms with E-state index in [9.17, 15) is 0 Å². The minimum Gasteiger partial charge on any atom is -0.0914 e. The van der Waals surface area contributed by atoms with Crippen LogP contribution in [0.5, 0.6) is 0 Å². The molecule has 0 heteroatoms. The molecule has 146 valence electrons. The van der Waals surface area contributed by atoms with Gasteiger partial charge in [-0.1, -0.05) is 116 Å². The second kappa shape index (κ2) is 7.11. The molecule has 0 saturated heterocycles. The molecule has 0 aliphatic heterocycles. The van der Waals surface area contributed by atoms with E-state index < -0.39 is 0 Å². The van der Waals surface area contributed by atoms with Crippen molar-refractivity contribution in [3.05, 3.63) is 155 Å². The van der Waals surface area contributed by atoms with E-state index in [-0.39, 0.29) is 5.92 Å². The lowest BCUT2D eigenvalue weighted by atomic mass is 9.82. The third kappa shape index (κ3) is 2.76. The summed E-state index contributed by atoms with van der Waals surface area (Å²) in [5.74, 6) is 0.188. The summed E-state index contributed by atoms with van der Waals surface area (Å²) in [6.45, 7) is 4.54. The van der Waals surface area contributed by atoms with Gasteiger partial charge in [-0.2, -0.15) is 0 Å². The van der Waals surface area contributed by atoms with Crippen molar-refractivity contribution in [3.63, 3.8) is 0 Å². The van der Waals surface area contributed by atoms with Gasteiger partial charge in [0.05, 0.1) is 0 Å². The molecule has 0 fully saturated rings. The van der Waals surface area contributed by atoms with Gasteiger partial charge in [0.2, 0.25) is 0 Å². The summed E-state index contributed by atoms with van der Waals surface area (Å²) in [5, 5.41) is 0. The van der Waals surface area contributed by atoms with Crippen molar-refractivity contribution in [2.24, 2.45) is 0 Å². The van der Waals surface area contributed by atoms with E-state index >= 15 is 0 Å². The molecule has 0 unspecified atom stereocenters. The Labute approximate surface area is 183 Å². The lowest BCUT2D eigenvalue weighted by molar-refractivity contribution is 1.01. The smallest absolute Gasteiger partial charge is 0.0364 e. The Hall–Kier alpha value is -3.90. The van der Waals surface area contributed by atoms with Crippen LogP contribution >= 0.6 is 0 Å². The van der Waals surface area contributed by atoms with Gasteiger partial charge in [0.15, 0.2) is 0 Å². The molecule has 31 heavy (non-hydrogen) atoms. The lowest BCUT2D eigenvalue weighted by Gasteiger charge is -2.21. The molecule has 0 amide bonds. The van der Waals surface area contributed by atoms with Crippen LogP contribution in [-0.2, 0) is 0 Å². The lowest BCUT2D eigenvalue weighted by Crippen LogP contribution is -2.03. The van der Waals surface area contributed by atoms with Crippen molar-refractivity contribution < 1.29 is 0 Å². The van der Waals surface area contributed by atoms with E-state index in [1.54, 1.807) is 0 Å². The molecule has 0 saturated carbocycles. The van der Waals surface area contributed by atoms with E-state index in [0.717, 1.165) is 5.57 Å². The Bertz CT molecular complexity index is 1320. The summed E-state index contributed by atoms with van der Waals surface area (Å²) >= 11 is 0. The molecule has 0 nitrogen and oxygen atoms in total. The summed E-state index contributed by atoms with van der Waals surface area (Å²) in [4.78, 5) is 0. The predicted molar refractivity (Wildman–Crippen MR) is 131 cm³/mol. The second-order valence-corrected chi connectivity index (χ2v) is 8.21. The van der Waals surface area contributed by atoms with Gasteiger partial charge >= 0.3 is 0 Å². The summed E-state index contributed by atoms with van der Waals surface area (Å²) in [6, 6.07) is 39.1. The van der Waals surface area contributed by atoms with Crippen molar-refractivity contribution in [3.8, 4) is 11.1 Å². The first-order chi connectivity index (χ1) is 15.3. The fourth-order valence-electron chi connectivity index (χ4n) is 5.19. The minimum atomic E-state index is 0.188. The molecule has 0 heterocycles. The minimum absolute atomic E-state index is 0.188. The molecule has 0 bridgehead atoms. The van der Waals surface area contributed by atoms with Gasteiger partial charge in [-0.25, -0.2) is 0 Å². The average Bonchev–Trinajstić information content (AvgIpc) is 3.35. The van der Waals surface area contributed by atoms with Crippen LogP contribution in [0.25, 0.3) is 22.3 Å². The fourth-order valence-corrected chi connectivity index (χ4v) is 5.19. The zero-order valence-electron chi connectivity index (χ0n) is 17.3. The topological polar surface area (TPSA) is 0 Å². The number of benzene rings is 4. The van der Waals surface area contributed by atoms with Crippen molar-refractivity contribution in [1.82, 2.24) is 0 Å². The van der Waals surface area contributed by atoms with Crippen LogP contribution in [0.2, 0.25) is 0 Å². The Kier molecular flexibility index (Phi) is 4.11. The van der Waals surface area contributed by atoms with Crippen molar-refractivity contribution in [2.75, 3.05) is 0 Å². The summed E-state index contributed by atoms with van der Waals surface area (Å²) in [5.41, 5.74) is 12.9. The number of hydrogen-bond acceptors (Lipinski definition) is 0. The van der Waals surface area contributed by atoms with Crippen LogP contribution in [0.4, 0.5) is 0 Å². The van der Waals surface area contributed by atoms with Crippen LogP contribution in [0, 0.1) is 0 Å². The molecule has 0 radical (unpaired) electrons. The van der Waals surface area contributed by atoms with Crippen molar-refractivity contribution in [1.29, 1.82) is 0 Å². The fraction of sp³-hybridized carbons (Fsp3) is 0.0323. The average molecular weight is 395 g/mol. The maximum absolute atomic E-state index is 4.54. The number of fused-ring (bicyclic) bond motifs is 3. The molecular weight excluding hydrogens is 372 g/mol. The highest BCUT2D eigenvalue weighted by Gasteiger charge is 2.36. The quantitative estimate of drug-likeness (QED) is 0.331. The highest BCUT2D eigenvalue weighted by molar-refractivity contribution is 6.12. The van der Waals surface area contributed by atoms with Crippen LogP contribution in [0.3, 0.4) is 0 Å². The largest absolute Gasteiger partial charge is 0.0914 e. The van der Waals surface area contributed by atoms with Gasteiger partial charge in [-0.3, -0.25) is 0 Å². The summed E-state index contributed by atoms with van der Waals surface area (Å²) in [7, 11) is 0. The summed E-state index contributed by atoms with van der Waals surface area (Å²) in [6.07, 6.45) is 2.27. The normalized spacial score (nSPS) is 15.1. The first kappa shape index (κ1) is 17.9. The maximum atomic E-state index is 4.54. The van der Waals surface area contributed by atoms with E-state index in [1.165, 1.54) is 50.1 Å². The molecular formula is C31H22. The summed E-state index contributed by atoms with van der Waals surface area (Å²) < 4.78 is 0. The van der Waals surface area contributed by atoms with Crippen LogP contribution in [-0.4, -0.2) is 0 Å². The van der Waals surface area contributed by atoms with Gasteiger partial charge in [0, 0.05) is 5.92 Å². The molecule has 4 aromatic carbocycles. The van der Waals surface area contributed by atoms with Crippen molar-refractivity contribution >= 4 is 11.1 Å². The highest BCUT2D eigenvalue weighted by atomic mass is 14.4. The molecule has 0 aromatic heterocycles. The van der Waals surface area contributed by atoms with E-state index in [2.05, 4.69) is 122 Å². The zero-order chi connectivity index (χ0) is 20.8. The second-order valence-electron chi connectivity index (χ2n) is 8.21. The Morgan fingerprint density at radius 3 is 1.58 bits per heavy atom. The molecule has 0 spiro atoms. The Balaban J connectivity index is 1.66. The monoisotopic (exact) mass is 394 g/mol. The van der Waals surface area contributed by atoms with Gasteiger partial charge in [0.1, 0.15) is 0 Å². The van der Waals surface area contributed by atoms with Gasteiger partial charge in [0.25, 0.3) is 0 Å². The standard InChI is InChI=1S/C31H22/c1-21-20-28(22-12-4-2-5-13-22)30(23-14-6-3-7-15-23)29(21)31-26-18-10-8-16-24(26)25-17-9-11-19-27(25)31/h2-20,31H,1H2. The predicted octanol–water partition coefficient (Wildman–Crippen LogP) is 7.91. The first-order valence-electron chi connectivity index (χ1n) is 10.8. The molecule has 0 N–H and O–H groups in total. The molecule has 4 aromatic rings. The molecule has 0 atom stereocenters. The third-order valence-electron chi connectivity index (χ3n) is 6.47. The number of allylic oxidation sites excluding steroid dienone is 5. The number of hydrogen-bond donors (Lipinski definition) is 0. The van der Waals surface area contributed by atoms with E-state index in [1.807, 2.05) is 0 Å². The molecule has 2 aliphatic rings.